The first-order chi connectivity index (χ1) is 10.0. The summed E-state index contributed by atoms with van der Waals surface area (Å²) in [4.78, 5) is 23.5. The van der Waals surface area contributed by atoms with E-state index >= 15 is 0 Å². The molecule has 0 fully saturated rings. The highest BCUT2D eigenvalue weighted by Gasteiger charge is 2.10. The zero-order chi connectivity index (χ0) is 15.4. The van der Waals surface area contributed by atoms with Crippen molar-refractivity contribution >= 4 is 35.1 Å². The first-order valence-corrected chi connectivity index (χ1v) is 6.75. The van der Waals surface area contributed by atoms with Crippen LogP contribution in [0.1, 0.15) is 15.9 Å². The van der Waals surface area contributed by atoms with Gasteiger partial charge in [0, 0.05) is 15.6 Å². The van der Waals surface area contributed by atoms with Gasteiger partial charge in [-0.2, -0.15) is 0 Å². The van der Waals surface area contributed by atoms with Crippen molar-refractivity contribution in [3.63, 3.8) is 0 Å². The van der Waals surface area contributed by atoms with Crippen molar-refractivity contribution in [3.05, 3.63) is 79.9 Å². The Morgan fingerprint density at radius 3 is 2.29 bits per heavy atom. The third-order valence-electron chi connectivity index (χ3n) is 2.78. The van der Waals surface area contributed by atoms with Crippen LogP contribution in [-0.4, -0.2) is 10.9 Å². The fraction of sp³-hybridized carbons (Fsp3) is 0. The molecule has 0 saturated heterocycles. The normalized spacial score (nSPS) is 10.8. The maximum Gasteiger partial charge on any atom is 0.220 e. The Bertz CT molecular complexity index is 762. The summed E-state index contributed by atoms with van der Waals surface area (Å²) in [6, 6.07) is 10.5. The van der Waals surface area contributed by atoms with Gasteiger partial charge in [0.1, 0.15) is 0 Å². The lowest BCUT2D eigenvalue weighted by molar-refractivity contribution is 0.104. The van der Waals surface area contributed by atoms with Gasteiger partial charge in [-0.05, 0) is 36.4 Å². The number of benzene rings is 1. The highest BCUT2D eigenvalue weighted by Crippen LogP contribution is 2.25. The van der Waals surface area contributed by atoms with Crippen LogP contribution in [0.15, 0.2) is 53.3 Å². The van der Waals surface area contributed by atoms with E-state index in [-0.39, 0.29) is 5.56 Å². The molecule has 0 spiro atoms. The lowest BCUT2D eigenvalue weighted by atomic mass is 10.1. The molecule has 0 aliphatic rings. The average Bonchev–Trinajstić information content (AvgIpc) is 2.61. The molecule has 3 nitrogen and oxygen atoms in total. The quantitative estimate of drug-likeness (QED) is 0.688. The number of rotatable bonds is 3. The SMILES string of the molecule is O=C(C=Cc1c(Cl)cccc1Cl)c1ccccc(=O)c1O. The Kier molecular flexibility index (Phi) is 4.78. The lowest BCUT2D eigenvalue weighted by Crippen LogP contribution is -2.01. The summed E-state index contributed by atoms with van der Waals surface area (Å²) in [5.41, 5.74) is -0.201. The molecule has 2 rings (SSSR count). The molecule has 0 aliphatic heterocycles. The van der Waals surface area contributed by atoms with Gasteiger partial charge in [-0.15, -0.1) is 0 Å². The summed E-state index contributed by atoms with van der Waals surface area (Å²) in [5.74, 6) is -1.10. The number of allylic oxidation sites excluding steroid dienone is 1. The van der Waals surface area contributed by atoms with E-state index in [1.165, 1.54) is 36.4 Å². The molecule has 0 aliphatic carbocycles. The predicted octanol–water partition coefficient (Wildman–Crippen LogP) is 3.96. The summed E-state index contributed by atoms with van der Waals surface area (Å²) >= 11 is 12.0. The number of carbonyl (C=O) groups is 1. The van der Waals surface area contributed by atoms with Gasteiger partial charge in [0.15, 0.2) is 11.5 Å². The molecule has 0 radical (unpaired) electrons. The van der Waals surface area contributed by atoms with Crippen molar-refractivity contribution in [2.75, 3.05) is 0 Å². The van der Waals surface area contributed by atoms with Gasteiger partial charge in [0.2, 0.25) is 5.43 Å². The Balaban J connectivity index is 2.40. The van der Waals surface area contributed by atoms with Crippen molar-refractivity contribution in [1.29, 1.82) is 0 Å². The van der Waals surface area contributed by atoms with E-state index in [0.717, 1.165) is 0 Å². The van der Waals surface area contributed by atoms with Gasteiger partial charge in [-0.1, -0.05) is 41.4 Å². The molecule has 5 heteroatoms. The van der Waals surface area contributed by atoms with Gasteiger partial charge >= 0.3 is 0 Å². The van der Waals surface area contributed by atoms with Crippen LogP contribution >= 0.6 is 23.2 Å². The molecular weight excluding hydrogens is 311 g/mol. The molecule has 2 aromatic carbocycles. The highest BCUT2D eigenvalue weighted by atomic mass is 35.5. The standard InChI is InChI=1S/C16H10Cl2O3/c17-12-5-3-6-13(18)10(12)8-9-14(19)11-4-1-2-7-15(20)16(11)21/h1-9H,(H,20,21). The van der Waals surface area contributed by atoms with E-state index in [9.17, 15) is 14.7 Å². The van der Waals surface area contributed by atoms with E-state index in [0.29, 0.717) is 15.6 Å². The smallest absolute Gasteiger partial charge is 0.220 e. The van der Waals surface area contributed by atoms with Gasteiger partial charge < -0.3 is 5.11 Å². The van der Waals surface area contributed by atoms with Gasteiger partial charge in [-0.3, -0.25) is 9.59 Å². The summed E-state index contributed by atoms with van der Waals surface area (Å²) < 4.78 is 0. The first kappa shape index (κ1) is 15.3. The summed E-state index contributed by atoms with van der Waals surface area (Å²) in [6.45, 7) is 0. The maximum absolute atomic E-state index is 12.1. The minimum absolute atomic E-state index is 0.0792. The second kappa shape index (κ2) is 6.57. The minimum atomic E-state index is -0.618. The molecule has 2 aromatic rings. The van der Waals surface area contributed by atoms with Crippen LogP contribution in [0.3, 0.4) is 0 Å². The molecule has 0 atom stereocenters. The topological polar surface area (TPSA) is 54.4 Å². The Morgan fingerprint density at radius 1 is 1.00 bits per heavy atom. The van der Waals surface area contributed by atoms with Crippen molar-refractivity contribution in [1.82, 2.24) is 0 Å². The van der Waals surface area contributed by atoms with Crippen molar-refractivity contribution in [2.24, 2.45) is 0 Å². The van der Waals surface area contributed by atoms with Crippen molar-refractivity contribution in [2.45, 2.75) is 0 Å². The molecule has 0 amide bonds. The van der Waals surface area contributed by atoms with Crippen molar-refractivity contribution < 1.29 is 9.90 Å². The number of aromatic hydroxyl groups is 1. The third kappa shape index (κ3) is 3.51. The molecule has 0 saturated carbocycles. The zero-order valence-electron chi connectivity index (χ0n) is 10.7. The predicted molar refractivity (Wildman–Crippen MR) is 84.2 cm³/mol. The van der Waals surface area contributed by atoms with E-state index in [1.807, 2.05) is 0 Å². The lowest BCUT2D eigenvalue weighted by Gasteiger charge is -2.00. The van der Waals surface area contributed by atoms with Crippen LogP contribution in [0.2, 0.25) is 10.0 Å². The molecule has 0 bridgehead atoms. The Hall–Kier alpha value is -2.10. The second-order valence-electron chi connectivity index (χ2n) is 4.18. The third-order valence-corrected chi connectivity index (χ3v) is 3.44. The van der Waals surface area contributed by atoms with E-state index < -0.39 is 17.0 Å². The molecular formula is C16H10Cl2O3. The second-order valence-corrected chi connectivity index (χ2v) is 4.99. The fourth-order valence-electron chi connectivity index (χ4n) is 1.70. The first-order valence-electron chi connectivity index (χ1n) is 5.99. The van der Waals surface area contributed by atoms with Crippen LogP contribution in [0.4, 0.5) is 0 Å². The molecule has 0 aromatic heterocycles. The van der Waals surface area contributed by atoms with Gasteiger partial charge in [0.25, 0.3) is 0 Å². The van der Waals surface area contributed by atoms with Crippen LogP contribution < -0.4 is 5.43 Å². The molecule has 21 heavy (non-hydrogen) atoms. The number of hydrogen-bond donors (Lipinski definition) is 1. The number of halogens is 2. The summed E-state index contributed by atoms with van der Waals surface area (Å²) in [6.07, 6.45) is 2.66. The largest absolute Gasteiger partial charge is 0.504 e. The summed E-state index contributed by atoms with van der Waals surface area (Å²) in [7, 11) is 0. The van der Waals surface area contributed by atoms with Crippen molar-refractivity contribution in [3.8, 4) is 5.75 Å². The highest BCUT2D eigenvalue weighted by molar-refractivity contribution is 6.37. The number of carbonyl (C=O) groups excluding carboxylic acids is 1. The molecule has 0 heterocycles. The Morgan fingerprint density at radius 2 is 1.62 bits per heavy atom. The van der Waals surface area contributed by atoms with Crippen LogP contribution in [-0.2, 0) is 0 Å². The van der Waals surface area contributed by atoms with E-state index in [1.54, 1.807) is 18.2 Å². The van der Waals surface area contributed by atoms with Gasteiger partial charge in [-0.25, -0.2) is 0 Å². The van der Waals surface area contributed by atoms with Crippen LogP contribution in [0, 0.1) is 0 Å². The van der Waals surface area contributed by atoms with Gasteiger partial charge in [0.05, 0.1) is 5.56 Å². The Labute approximate surface area is 131 Å². The maximum atomic E-state index is 12.1. The minimum Gasteiger partial charge on any atom is -0.504 e. The monoisotopic (exact) mass is 320 g/mol. The fourth-order valence-corrected chi connectivity index (χ4v) is 2.23. The number of hydrogen-bond acceptors (Lipinski definition) is 3. The van der Waals surface area contributed by atoms with Crippen LogP contribution in [0.25, 0.3) is 6.08 Å². The zero-order valence-corrected chi connectivity index (χ0v) is 12.2. The van der Waals surface area contributed by atoms with E-state index in [4.69, 9.17) is 23.2 Å². The van der Waals surface area contributed by atoms with Crippen LogP contribution in [0.5, 0.6) is 5.75 Å². The summed E-state index contributed by atoms with van der Waals surface area (Å²) in [5, 5.41) is 10.5. The van der Waals surface area contributed by atoms with E-state index in [2.05, 4.69) is 0 Å². The average molecular weight is 321 g/mol. The molecule has 106 valence electrons. The molecule has 0 unspecified atom stereocenters. The number of ketones is 1. The molecule has 1 N–H and O–H groups in total.